The molecule has 1 aromatic heterocycles. The highest BCUT2D eigenvalue weighted by Gasteiger charge is 2.27. The van der Waals surface area contributed by atoms with Gasteiger partial charge in [-0.2, -0.15) is 0 Å². The van der Waals surface area contributed by atoms with Gasteiger partial charge < -0.3 is 19.3 Å². The monoisotopic (exact) mass is 342 g/mol. The van der Waals surface area contributed by atoms with Crippen molar-refractivity contribution in [2.24, 2.45) is 0 Å². The smallest absolute Gasteiger partial charge is 0.261 e. The number of ether oxygens (including phenoxy) is 2. The number of aromatic nitrogens is 2. The molecule has 1 saturated heterocycles. The van der Waals surface area contributed by atoms with Gasteiger partial charge in [0.2, 0.25) is 0 Å². The predicted molar refractivity (Wildman–Crippen MR) is 94.4 cm³/mol. The lowest BCUT2D eigenvalue weighted by atomic mass is 10.1. The van der Waals surface area contributed by atoms with Crippen LogP contribution in [0.3, 0.4) is 0 Å². The molecule has 0 aliphatic carbocycles. The van der Waals surface area contributed by atoms with Crippen LogP contribution in [0.1, 0.15) is 16.1 Å². The topological polar surface area (TPSA) is 67.8 Å². The SMILES string of the molecule is COc1cccc(OC)c1C(=O)N1CCN(c2cc(C)ncn2)CC1. The molecule has 0 spiro atoms. The van der Waals surface area contributed by atoms with Crippen molar-refractivity contribution in [2.75, 3.05) is 45.3 Å². The van der Waals surface area contributed by atoms with E-state index in [1.807, 2.05) is 24.0 Å². The normalized spacial score (nSPS) is 14.4. The predicted octanol–water partition coefficient (Wildman–Crippen LogP) is 1.76. The second kappa shape index (κ2) is 7.38. The quantitative estimate of drug-likeness (QED) is 0.843. The van der Waals surface area contributed by atoms with E-state index in [2.05, 4.69) is 14.9 Å². The molecular formula is C18H22N4O3. The van der Waals surface area contributed by atoms with Crippen molar-refractivity contribution >= 4 is 11.7 Å². The number of amides is 1. The van der Waals surface area contributed by atoms with E-state index < -0.39 is 0 Å². The van der Waals surface area contributed by atoms with E-state index in [-0.39, 0.29) is 5.91 Å². The van der Waals surface area contributed by atoms with Gasteiger partial charge in [0.25, 0.3) is 5.91 Å². The minimum Gasteiger partial charge on any atom is -0.496 e. The zero-order valence-corrected chi connectivity index (χ0v) is 14.7. The lowest BCUT2D eigenvalue weighted by molar-refractivity contribution is 0.0739. The first-order valence-electron chi connectivity index (χ1n) is 8.18. The van der Waals surface area contributed by atoms with E-state index in [4.69, 9.17) is 9.47 Å². The summed E-state index contributed by atoms with van der Waals surface area (Å²) in [6.07, 6.45) is 1.57. The number of nitrogens with zero attached hydrogens (tertiary/aromatic N) is 4. The summed E-state index contributed by atoms with van der Waals surface area (Å²) < 4.78 is 10.7. The van der Waals surface area contributed by atoms with Crippen LogP contribution in [-0.2, 0) is 0 Å². The minimum absolute atomic E-state index is 0.0761. The van der Waals surface area contributed by atoms with Gasteiger partial charge in [-0.1, -0.05) is 6.07 Å². The standard InChI is InChI=1S/C18H22N4O3/c1-13-11-16(20-12-19-13)21-7-9-22(10-8-21)18(23)17-14(24-2)5-4-6-15(17)25-3/h4-6,11-12H,7-10H2,1-3H3. The molecule has 132 valence electrons. The number of benzene rings is 1. The number of hydrogen-bond donors (Lipinski definition) is 0. The highest BCUT2D eigenvalue weighted by atomic mass is 16.5. The van der Waals surface area contributed by atoms with Crippen LogP contribution in [0.4, 0.5) is 5.82 Å². The van der Waals surface area contributed by atoms with Crippen molar-refractivity contribution in [3.8, 4) is 11.5 Å². The molecule has 0 atom stereocenters. The average molecular weight is 342 g/mol. The van der Waals surface area contributed by atoms with Crippen molar-refractivity contribution in [1.29, 1.82) is 0 Å². The number of aryl methyl sites for hydroxylation is 1. The molecule has 0 saturated carbocycles. The lowest BCUT2D eigenvalue weighted by Crippen LogP contribution is -2.49. The number of carbonyl (C=O) groups excluding carboxylic acids is 1. The summed E-state index contributed by atoms with van der Waals surface area (Å²) in [7, 11) is 3.11. The molecule has 1 aliphatic rings. The van der Waals surface area contributed by atoms with Crippen LogP contribution in [0.5, 0.6) is 11.5 Å². The summed E-state index contributed by atoms with van der Waals surface area (Å²) >= 11 is 0. The highest BCUT2D eigenvalue weighted by Crippen LogP contribution is 2.30. The molecule has 1 aromatic carbocycles. The number of methoxy groups -OCH3 is 2. The fraction of sp³-hybridized carbons (Fsp3) is 0.389. The van der Waals surface area contributed by atoms with E-state index in [1.54, 1.807) is 32.7 Å². The Morgan fingerprint density at radius 1 is 1.04 bits per heavy atom. The number of piperazine rings is 1. The Labute approximate surface area is 147 Å². The fourth-order valence-electron chi connectivity index (χ4n) is 2.97. The van der Waals surface area contributed by atoms with Crippen molar-refractivity contribution in [2.45, 2.75) is 6.92 Å². The summed E-state index contributed by atoms with van der Waals surface area (Å²) in [6, 6.07) is 7.32. The van der Waals surface area contributed by atoms with Crippen molar-refractivity contribution < 1.29 is 14.3 Å². The molecule has 0 bridgehead atoms. The van der Waals surface area contributed by atoms with Crippen LogP contribution < -0.4 is 14.4 Å². The molecule has 1 fully saturated rings. The van der Waals surface area contributed by atoms with Crippen LogP contribution in [0.25, 0.3) is 0 Å². The van der Waals surface area contributed by atoms with Crippen molar-refractivity contribution in [3.05, 3.63) is 41.9 Å². The Kier molecular flexibility index (Phi) is 5.02. The summed E-state index contributed by atoms with van der Waals surface area (Å²) in [4.78, 5) is 25.4. The van der Waals surface area contributed by atoms with Gasteiger partial charge in [0, 0.05) is 37.9 Å². The Hall–Kier alpha value is -2.83. The number of carbonyl (C=O) groups is 1. The molecule has 25 heavy (non-hydrogen) atoms. The molecule has 2 aromatic rings. The Morgan fingerprint density at radius 3 is 2.24 bits per heavy atom. The van der Waals surface area contributed by atoms with E-state index >= 15 is 0 Å². The third-order valence-electron chi connectivity index (χ3n) is 4.32. The van der Waals surface area contributed by atoms with Crippen LogP contribution >= 0.6 is 0 Å². The van der Waals surface area contributed by atoms with E-state index in [0.717, 1.165) is 24.6 Å². The molecule has 1 amide bonds. The van der Waals surface area contributed by atoms with Gasteiger partial charge in [-0.15, -0.1) is 0 Å². The van der Waals surface area contributed by atoms with Gasteiger partial charge in [0.1, 0.15) is 29.2 Å². The lowest BCUT2D eigenvalue weighted by Gasteiger charge is -2.35. The van der Waals surface area contributed by atoms with Crippen LogP contribution in [0, 0.1) is 6.92 Å². The molecule has 2 heterocycles. The second-order valence-corrected chi connectivity index (χ2v) is 5.83. The average Bonchev–Trinajstić information content (AvgIpc) is 2.66. The van der Waals surface area contributed by atoms with E-state index in [0.29, 0.717) is 30.2 Å². The van der Waals surface area contributed by atoms with E-state index in [9.17, 15) is 4.79 Å². The molecule has 7 nitrogen and oxygen atoms in total. The van der Waals surface area contributed by atoms with Gasteiger partial charge in [-0.3, -0.25) is 4.79 Å². The van der Waals surface area contributed by atoms with Gasteiger partial charge >= 0.3 is 0 Å². The molecule has 0 radical (unpaired) electrons. The van der Waals surface area contributed by atoms with Crippen molar-refractivity contribution in [3.63, 3.8) is 0 Å². The van der Waals surface area contributed by atoms with Gasteiger partial charge in [-0.25, -0.2) is 9.97 Å². The summed E-state index contributed by atoms with van der Waals surface area (Å²) in [5.41, 5.74) is 1.40. The largest absolute Gasteiger partial charge is 0.496 e. The summed E-state index contributed by atoms with van der Waals surface area (Å²) in [5.74, 6) is 1.87. The van der Waals surface area contributed by atoms with Crippen LogP contribution in [0.15, 0.2) is 30.6 Å². The molecule has 0 N–H and O–H groups in total. The van der Waals surface area contributed by atoms with Crippen LogP contribution in [0.2, 0.25) is 0 Å². The molecular weight excluding hydrogens is 320 g/mol. The van der Waals surface area contributed by atoms with E-state index in [1.165, 1.54) is 0 Å². The summed E-state index contributed by atoms with van der Waals surface area (Å²) in [6.45, 7) is 4.62. The molecule has 0 unspecified atom stereocenters. The first kappa shape index (κ1) is 17.0. The minimum atomic E-state index is -0.0761. The zero-order valence-electron chi connectivity index (χ0n) is 14.7. The Morgan fingerprint density at radius 2 is 1.68 bits per heavy atom. The van der Waals surface area contributed by atoms with Gasteiger partial charge in [0.15, 0.2) is 0 Å². The number of rotatable bonds is 4. The van der Waals surface area contributed by atoms with Crippen LogP contribution in [-0.4, -0.2) is 61.2 Å². The first-order valence-corrected chi connectivity index (χ1v) is 8.18. The second-order valence-electron chi connectivity index (χ2n) is 5.83. The maximum Gasteiger partial charge on any atom is 0.261 e. The maximum absolute atomic E-state index is 13.0. The molecule has 1 aliphatic heterocycles. The third-order valence-corrected chi connectivity index (χ3v) is 4.32. The first-order chi connectivity index (χ1) is 12.1. The number of hydrogen-bond acceptors (Lipinski definition) is 6. The molecule has 3 rings (SSSR count). The van der Waals surface area contributed by atoms with Crippen molar-refractivity contribution in [1.82, 2.24) is 14.9 Å². The zero-order chi connectivity index (χ0) is 17.8. The van der Waals surface area contributed by atoms with Gasteiger partial charge in [0.05, 0.1) is 14.2 Å². The van der Waals surface area contributed by atoms with Gasteiger partial charge in [-0.05, 0) is 19.1 Å². The maximum atomic E-state index is 13.0. The summed E-state index contributed by atoms with van der Waals surface area (Å²) in [5, 5.41) is 0. The Balaban J connectivity index is 1.74. The Bertz CT molecular complexity index is 735. The highest BCUT2D eigenvalue weighted by molar-refractivity contribution is 5.99. The number of anilines is 1. The fourth-order valence-corrected chi connectivity index (χ4v) is 2.97. The third kappa shape index (κ3) is 3.50. The molecule has 7 heteroatoms.